The van der Waals surface area contributed by atoms with Gasteiger partial charge in [0.05, 0.1) is 0 Å². The first kappa shape index (κ1) is 37.3. The van der Waals surface area contributed by atoms with E-state index in [1.807, 2.05) is 0 Å². The van der Waals surface area contributed by atoms with Crippen molar-refractivity contribution >= 4 is 75.5 Å². The molecule has 8 rings (SSSR count). The Bertz CT molecular complexity index is 2280. The zero-order chi connectivity index (χ0) is 34.9. The van der Waals surface area contributed by atoms with Crippen molar-refractivity contribution in [3.63, 3.8) is 0 Å². The predicted octanol–water partition coefficient (Wildman–Crippen LogP) is 14.7. The normalized spacial score (nSPS) is 10.6. The standard InChI is InChI=1S/C22H19.C21H17.C2H6Ge.2ClH.Zr/c1-15(2)18-13-17-9-6-12-21(22(17)14-18)20-11-5-8-16-7-3-4-10-19(16)20;1-14-12-20-15(2)10-11-19(21(20)13-14)18-9-5-7-16-6-3-4-8-17(16)18;1-3-2;;;/h3-15H,1-2H3;3-13H,1-2H3;1-2H3;2*1H;/q2*-1;;;;+4/p-2. The molecule has 0 aliphatic rings. The van der Waals surface area contributed by atoms with Crippen molar-refractivity contribution in [3.8, 4) is 22.3 Å². The van der Waals surface area contributed by atoms with Gasteiger partial charge in [-0.15, -0.1) is 68.6 Å². The first-order valence-corrected chi connectivity index (χ1v) is 27.2. The Morgan fingerprint density at radius 1 is 0.551 bits per heavy atom. The summed E-state index contributed by atoms with van der Waals surface area (Å²) < 4.78 is 0. The molecule has 0 saturated heterocycles. The van der Waals surface area contributed by atoms with Crippen molar-refractivity contribution in [2.75, 3.05) is 0 Å². The zero-order valence-corrected chi connectivity index (χ0v) is 35.2. The Morgan fingerprint density at radius 2 is 1.02 bits per heavy atom. The van der Waals surface area contributed by atoms with Crippen molar-refractivity contribution in [2.24, 2.45) is 0 Å². The van der Waals surface area contributed by atoms with Gasteiger partial charge in [-0.05, 0) is 38.6 Å². The minimum absolute atomic E-state index is 0.500. The monoisotopic (exact) mass is 816 g/mol. The Morgan fingerprint density at radius 3 is 1.57 bits per heavy atom. The van der Waals surface area contributed by atoms with Gasteiger partial charge < -0.3 is 0 Å². The molecule has 0 heterocycles. The molecule has 0 aliphatic heterocycles. The Kier molecular flexibility index (Phi) is 13.6. The molecule has 49 heavy (non-hydrogen) atoms. The van der Waals surface area contributed by atoms with Crippen LogP contribution in [0.1, 0.15) is 36.5 Å². The van der Waals surface area contributed by atoms with E-state index in [9.17, 15) is 0 Å². The number of hydrogen-bond donors (Lipinski definition) is 0. The van der Waals surface area contributed by atoms with Crippen LogP contribution < -0.4 is 0 Å². The van der Waals surface area contributed by atoms with Crippen molar-refractivity contribution in [2.45, 2.75) is 45.1 Å². The molecule has 244 valence electrons. The molecule has 0 atom stereocenters. The van der Waals surface area contributed by atoms with Gasteiger partial charge in [0, 0.05) is 0 Å². The van der Waals surface area contributed by atoms with Crippen LogP contribution in [-0.2, 0) is 20.8 Å². The van der Waals surface area contributed by atoms with Crippen LogP contribution in [-0.4, -0.2) is 15.4 Å². The summed E-state index contributed by atoms with van der Waals surface area (Å²) in [6.45, 7) is 8.87. The second-order valence-electron chi connectivity index (χ2n) is 12.7. The van der Waals surface area contributed by atoms with E-state index in [1.54, 1.807) is 0 Å². The summed E-state index contributed by atoms with van der Waals surface area (Å²) in [6, 6.07) is 50.8. The van der Waals surface area contributed by atoms with Gasteiger partial charge in [-0.25, -0.2) is 0 Å². The van der Waals surface area contributed by atoms with Crippen LogP contribution in [0.15, 0.2) is 140 Å². The third-order valence-corrected chi connectivity index (χ3v) is 8.85. The average molecular weight is 818 g/mol. The van der Waals surface area contributed by atoms with Gasteiger partial charge >= 0.3 is 64.8 Å². The molecule has 0 fully saturated rings. The summed E-state index contributed by atoms with van der Waals surface area (Å²) in [5.74, 6) is 5.06. The molecule has 0 nitrogen and oxygen atoms in total. The van der Waals surface area contributed by atoms with E-state index in [4.69, 9.17) is 17.0 Å². The maximum absolute atomic E-state index is 4.93. The van der Waals surface area contributed by atoms with E-state index in [0.29, 0.717) is 21.3 Å². The SMILES string of the molecule is CC(C)c1cc2c(-c3cccc4ccccc34)cccc2[cH-]1.Cc1cc2c(-c3cccc4ccccc34)ccc(C)c2[cH-]1.[CH3][Ge][CH3].[Cl][Zr+2][Cl]. The first-order valence-electron chi connectivity index (χ1n) is 16.7. The minimum atomic E-state index is -0.826. The first-order chi connectivity index (χ1) is 23.8. The predicted molar refractivity (Wildman–Crippen MR) is 218 cm³/mol. The number of rotatable bonds is 3. The van der Waals surface area contributed by atoms with E-state index < -0.39 is 20.8 Å². The molecule has 8 aromatic rings. The molecule has 2 radical (unpaired) electrons. The van der Waals surface area contributed by atoms with Crippen molar-refractivity contribution in [1.29, 1.82) is 0 Å². The molecule has 0 bridgehead atoms. The van der Waals surface area contributed by atoms with E-state index in [0.717, 1.165) is 0 Å². The van der Waals surface area contributed by atoms with Crippen molar-refractivity contribution in [3.05, 3.63) is 156 Å². The zero-order valence-electron chi connectivity index (χ0n) is 29.1. The van der Waals surface area contributed by atoms with Gasteiger partial charge in [-0.1, -0.05) is 136 Å². The summed E-state index contributed by atoms with van der Waals surface area (Å²) in [5, 5.41) is 10.7. The molecule has 0 spiro atoms. The molecule has 0 aliphatic carbocycles. The van der Waals surface area contributed by atoms with Gasteiger partial charge in [-0.2, -0.15) is 12.1 Å². The maximum atomic E-state index is 4.93. The topological polar surface area (TPSA) is 0 Å². The molecule has 8 aromatic carbocycles. The van der Waals surface area contributed by atoms with Crippen molar-refractivity contribution < 1.29 is 20.8 Å². The third kappa shape index (κ3) is 8.69. The van der Waals surface area contributed by atoms with Gasteiger partial charge in [0.15, 0.2) is 0 Å². The number of halogens is 2. The van der Waals surface area contributed by atoms with Crippen LogP contribution in [0.4, 0.5) is 0 Å². The van der Waals surface area contributed by atoms with Crippen LogP contribution in [0.2, 0.25) is 11.5 Å². The van der Waals surface area contributed by atoms with E-state index in [1.165, 1.54) is 82.0 Å². The quantitative estimate of drug-likeness (QED) is 0.123. The van der Waals surface area contributed by atoms with Crippen molar-refractivity contribution in [1.82, 2.24) is 0 Å². The molecular weight excluding hydrogens is 775 g/mol. The summed E-state index contributed by atoms with van der Waals surface area (Å²) in [7, 11) is 9.87. The number of hydrogen-bond acceptors (Lipinski definition) is 0. The number of benzene rings is 6. The fourth-order valence-electron chi connectivity index (χ4n) is 6.57. The molecule has 0 aromatic heterocycles. The Labute approximate surface area is 317 Å². The van der Waals surface area contributed by atoms with Crippen LogP contribution in [0, 0.1) is 13.8 Å². The van der Waals surface area contributed by atoms with Gasteiger partial charge in [0.2, 0.25) is 0 Å². The third-order valence-electron chi connectivity index (χ3n) is 8.85. The molecule has 0 unspecified atom stereocenters. The van der Waals surface area contributed by atoms with Crippen LogP contribution in [0.3, 0.4) is 0 Å². The fourth-order valence-corrected chi connectivity index (χ4v) is 6.57. The second-order valence-corrected chi connectivity index (χ2v) is 18.5. The van der Waals surface area contributed by atoms with E-state index in [-0.39, 0.29) is 0 Å². The van der Waals surface area contributed by atoms with Crippen LogP contribution >= 0.6 is 17.0 Å². The second kappa shape index (κ2) is 17.8. The molecular formula is C45H42Cl2GeZr. The fraction of sp³-hybridized carbons (Fsp3) is 0.156. The van der Waals surface area contributed by atoms with E-state index >= 15 is 0 Å². The Hall–Kier alpha value is -2.93. The summed E-state index contributed by atoms with van der Waals surface area (Å²) in [6.07, 6.45) is 0. The molecule has 0 saturated carbocycles. The van der Waals surface area contributed by atoms with Gasteiger partial charge in [0.1, 0.15) is 0 Å². The number of aryl methyl sites for hydroxylation is 2. The molecule has 4 heteroatoms. The molecule has 0 amide bonds. The van der Waals surface area contributed by atoms with Crippen LogP contribution in [0.5, 0.6) is 0 Å². The summed E-state index contributed by atoms with van der Waals surface area (Å²) in [5.41, 5.74) is 9.42. The van der Waals surface area contributed by atoms with Gasteiger partial charge in [0.25, 0.3) is 0 Å². The number of fused-ring (bicyclic) bond motifs is 4. The summed E-state index contributed by atoms with van der Waals surface area (Å²) >= 11 is -0.326. The molecule has 0 N–H and O–H groups in total. The average Bonchev–Trinajstić information content (AvgIpc) is 3.74. The summed E-state index contributed by atoms with van der Waals surface area (Å²) in [4.78, 5) is 0. The Balaban J connectivity index is 0.000000165. The van der Waals surface area contributed by atoms with E-state index in [2.05, 4.69) is 179 Å². The van der Waals surface area contributed by atoms with Crippen LogP contribution in [0.25, 0.3) is 65.3 Å². The van der Waals surface area contributed by atoms with Gasteiger partial charge in [-0.3, -0.25) is 0 Å².